The van der Waals surface area contributed by atoms with Crippen LogP contribution in [0.2, 0.25) is 0 Å². The summed E-state index contributed by atoms with van der Waals surface area (Å²) in [4.78, 5) is 4.08. The van der Waals surface area contributed by atoms with Gasteiger partial charge in [0.2, 0.25) is 6.43 Å². The van der Waals surface area contributed by atoms with Gasteiger partial charge in [-0.3, -0.25) is 5.41 Å². The van der Waals surface area contributed by atoms with Gasteiger partial charge in [-0.1, -0.05) is 29.4 Å². The normalized spacial score (nSPS) is 10.1. The molecular formula is C18H21BrF2N2S. The molecule has 0 saturated heterocycles. The number of halogens is 3. The highest BCUT2D eigenvalue weighted by Crippen LogP contribution is 2.27. The van der Waals surface area contributed by atoms with Crippen LogP contribution in [0.3, 0.4) is 0 Å². The standard InChI is InChI=1S/C16H17BrN2S.C2H4F2/c1-4-13-7-9-15(20-13)16(18)19(5-2)14-8-6-12(17)10-11(14)3;1-2(3)4/h5-10,18H,2,4H2,1,3H3;2H,1H3. The van der Waals surface area contributed by atoms with Gasteiger partial charge in [0.15, 0.2) is 0 Å². The van der Waals surface area contributed by atoms with Crippen molar-refractivity contribution < 1.29 is 8.78 Å². The molecule has 2 rings (SSSR count). The Balaban J connectivity index is 0.000000648. The Morgan fingerprint density at radius 2 is 2.00 bits per heavy atom. The largest absolute Gasteiger partial charge is 0.301 e. The number of rotatable bonds is 4. The van der Waals surface area contributed by atoms with E-state index in [4.69, 9.17) is 5.41 Å². The first-order chi connectivity index (χ1) is 11.3. The number of amidine groups is 1. The first-order valence-electron chi connectivity index (χ1n) is 7.43. The highest BCUT2D eigenvalue weighted by atomic mass is 79.9. The van der Waals surface area contributed by atoms with E-state index >= 15 is 0 Å². The lowest BCUT2D eigenvalue weighted by Crippen LogP contribution is -2.24. The molecule has 0 aliphatic heterocycles. The summed E-state index contributed by atoms with van der Waals surface area (Å²) < 4.78 is 21.7. The van der Waals surface area contributed by atoms with E-state index in [-0.39, 0.29) is 0 Å². The molecular weight excluding hydrogens is 394 g/mol. The number of benzene rings is 1. The summed E-state index contributed by atoms with van der Waals surface area (Å²) in [6, 6.07) is 10.1. The third kappa shape index (κ3) is 5.83. The minimum atomic E-state index is -2.17. The first kappa shape index (κ1) is 20.5. The molecule has 0 aliphatic carbocycles. The zero-order chi connectivity index (χ0) is 18.3. The van der Waals surface area contributed by atoms with Crippen LogP contribution in [0.1, 0.15) is 29.2 Å². The quantitative estimate of drug-likeness (QED) is 0.441. The van der Waals surface area contributed by atoms with Gasteiger partial charge in [-0.15, -0.1) is 11.3 Å². The predicted octanol–water partition coefficient (Wildman–Crippen LogP) is 6.63. The van der Waals surface area contributed by atoms with Crippen LogP contribution in [-0.2, 0) is 6.42 Å². The van der Waals surface area contributed by atoms with E-state index in [0.717, 1.165) is 33.9 Å². The van der Waals surface area contributed by atoms with Gasteiger partial charge in [0.25, 0.3) is 0 Å². The van der Waals surface area contributed by atoms with Crippen LogP contribution >= 0.6 is 27.3 Å². The minimum absolute atomic E-state index is 0.468. The highest BCUT2D eigenvalue weighted by Gasteiger charge is 2.15. The van der Waals surface area contributed by atoms with Gasteiger partial charge in [0.05, 0.1) is 4.88 Å². The Bertz CT molecular complexity index is 695. The number of aryl methyl sites for hydroxylation is 2. The van der Waals surface area contributed by atoms with E-state index in [0.29, 0.717) is 5.84 Å². The molecule has 0 spiro atoms. The summed E-state index contributed by atoms with van der Waals surface area (Å²) in [7, 11) is 0. The summed E-state index contributed by atoms with van der Waals surface area (Å²) in [6.45, 7) is 8.85. The van der Waals surface area contributed by atoms with Crippen molar-refractivity contribution in [2.45, 2.75) is 33.6 Å². The molecule has 1 heterocycles. The number of nitrogens with one attached hydrogen (secondary N) is 1. The molecule has 0 aliphatic rings. The zero-order valence-corrected chi connectivity index (χ0v) is 16.3. The molecule has 24 heavy (non-hydrogen) atoms. The summed E-state index contributed by atoms with van der Waals surface area (Å²) in [5.74, 6) is 0.468. The van der Waals surface area contributed by atoms with Crippen LogP contribution in [0.25, 0.3) is 0 Å². The van der Waals surface area contributed by atoms with Gasteiger partial charge in [0.1, 0.15) is 5.84 Å². The molecule has 0 bridgehead atoms. The van der Waals surface area contributed by atoms with Crippen LogP contribution in [0, 0.1) is 12.3 Å². The van der Waals surface area contributed by atoms with Crippen molar-refractivity contribution >= 4 is 38.8 Å². The number of thiophene rings is 1. The van der Waals surface area contributed by atoms with Gasteiger partial charge in [-0.05, 0) is 56.2 Å². The van der Waals surface area contributed by atoms with Gasteiger partial charge < -0.3 is 4.90 Å². The number of alkyl halides is 2. The average Bonchev–Trinajstić information content (AvgIpc) is 2.98. The van der Waals surface area contributed by atoms with Crippen molar-refractivity contribution in [1.29, 1.82) is 5.41 Å². The Morgan fingerprint density at radius 3 is 2.46 bits per heavy atom. The van der Waals surface area contributed by atoms with Crippen molar-refractivity contribution in [3.63, 3.8) is 0 Å². The molecule has 1 aromatic heterocycles. The Hall–Kier alpha value is -1.53. The van der Waals surface area contributed by atoms with Crippen molar-refractivity contribution in [3.8, 4) is 0 Å². The molecule has 0 saturated carbocycles. The van der Waals surface area contributed by atoms with Crippen LogP contribution in [0.15, 0.2) is 47.6 Å². The topological polar surface area (TPSA) is 27.1 Å². The number of hydrogen-bond acceptors (Lipinski definition) is 2. The van der Waals surface area contributed by atoms with Crippen LogP contribution in [0.5, 0.6) is 0 Å². The van der Waals surface area contributed by atoms with E-state index < -0.39 is 6.43 Å². The Morgan fingerprint density at radius 1 is 1.38 bits per heavy atom. The molecule has 2 aromatic rings. The lowest BCUT2D eigenvalue weighted by Gasteiger charge is -2.22. The molecule has 6 heteroatoms. The predicted molar refractivity (Wildman–Crippen MR) is 104 cm³/mol. The van der Waals surface area contributed by atoms with Crippen molar-refractivity contribution in [2.24, 2.45) is 0 Å². The molecule has 1 N–H and O–H groups in total. The molecule has 0 atom stereocenters. The number of nitrogens with zero attached hydrogens (tertiary/aromatic N) is 1. The third-order valence-electron chi connectivity index (χ3n) is 3.09. The molecule has 130 valence electrons. The zero-order valence-electron chi connectivity index (χ0n) is 13.9. The smallest absolute Gasteiger partial charge is 0.235 e. The maximum absolute atomic E-state index is 10.3. The van der Waals surface area contributed by atoms with Crippen molar-refractivity contribution in [1.82, 2.24) is 0 Å². The van der Waals surface area contributed by atoms with Crippen molar-refractivity contribution in [3.05, 3.63) is 62.9 Å². The first-order valence-corrected chi connectivity index (χ1v) is 9.04. The Labute approximate surface area is 154 Å². The van der Waals surface area contributed by atoms with Gasteiger partial charge in [-0.25, -0.2) is 8.78 Å². The summed E-state index contributed by atoms with van der Waals surface area (Å²) in [6.07, 6.45) is 0.535. The fourth-order valence-corrected chi connectivity index (χ4v) is 3.38. The maximum Gasteiger partial charge on any atom is 0.235 e. The monoisotopic (exact) mass is 414 g/mol. The highest BCUT2D eigenvalue weighted by molar-refractivity contribution is 9.10. The maximum atomic E-state index is 10.3. The average molecular weight is 415 g/mol. The second-order valence-corrected chi connectivity index (χ2v) is 7.05. The van der Waals surface area contributed by atoms with E-state index in [9.17, 15) is 8.78 Å². The molecule has 0 radical (unpaired) electrons. The molecule has 0 fully saturated rings. The van der Waals surface area contributed by atoms with Gasteiger partial charge in [-0.2, -0.15) is 0 Å². The fraction of sp³-hybridized carbons (Fsp3) is 0.278. The number of anilines is 1. The molecule has 1 aromatic carbocycles. The SMILES string of the molecule is C=CN(C(=N)c1ccc(CC)s1)c1ccc(Br)cc1C.CC(F)F. The van der Waals surface area contributed by atoms with E-state index in [1.165, 1.54) is 4.88 Å². The lowest BCUT2D eigenvalue weighted by molar-refractivity contribution is 0.171. The van der Waals surface area contributed by atoms with Crippen LogP contribution in [-0.4, -0.2) is 12.3 Å². The third-order valence-corrected chi connectivity index (χ3v) is 4.81. The summed E-state index contributed by atoms with van der Waals surface area (Å²) in [5.41, 5.74) is 2.09. The molecule has 0 amide bonds. The van der Waals surface area contributed by atoms with E-state index in [2.05, 4.69) is 35.5 Å². The number of hydrogen-bond donors (Lipinski definition) is 1. The second kappa shape index (κ2) is 9.69. The van der Waals surface area contributed by atoms with Gasteiger partial charge >= 0.3 is 0 Å². The molecule has 2 nitrogen and oxygen atoms in total. The van der Waals surface area contributed by atoms with Crippen molar-refractivity contribution in [2.75, 3.05) is 4.90 Å². The molecule has 0 unspecified atom stereocenters. The van der Waals surface area contributed by atoms with Gasteiger partial charge in [0, 0.05) is 21.2 Å². The summed E-state index contributed by atoms with van der Waals surface area (Å²) >= 11 is 5.13. The van der Waals surface area contributed by atoms with E-state index in [1.807, 2.05) is 36.1 Å². The minimum Gasteiger partial charge on any atom is -0.301 e. The fourth-order valence-electron chi connectivity index (χ4n) is 2.01. The van der Waals surface area contributed by atoms with Crippen LogP contribution in [0.4, 0.5) is 14.5 Å². The Kier molecular flexibility index (Phi) is 8.28. The summed E-state index contributed by atoms with van der Waals surface area (Å²) in [5, 5.41) is 8.42. The van der Waals surface area contributed by atoms with E-state index in [1.54, 1.807) is 17.5 Å². The van der Waals surface area contributed by atoms with Crippen LogP contribution < -0.4 is 4.90 Å². The second-order valence-electron chi connectivity index (χ2n) is 4.97. The lowest BCUT2D eigenvalue weighted by atomic mass is 10.2.